The van der Waals surface area contributed by atoms with Gasteiger partial charge < -0.3 is 14.8 Å². The molecule has 0 unspecified atom stereocenters. The Balaban J connectivity index is 1.81. The molecule has 0 aliphatic carbocycles. The van der Waals surface area contributed by atoms with Gasteiger partial charge in [-0.05, 0) is 37.5 Å². The number of hydrogen-bond acceptors (Lipinski definition) is 3. The maximum Gasteiger partial charge on any atom is 0.226 e. The number of amides is 2. The van der Waals surface area contributed by atoms with Crippen molar-refractivity contribution in [1.29, 1.82) is 0 Å². The molecule has 30 heavy (non-hydrogen) atoms. The van der Waals surface area contributed by atoms with Crippen LogP contribution in [-0.4, -0.2) is 32.3 Å². The van der Waals surface area contributed by atoms with E-state index in [4.69, 9.17) is 11.6 Å². The molecule has 0 spiro atoms. The Bertz CT molecular complexity index is 928. The van der Waals surface area contributed by atoms with Gasteiger partial charge in [0, 0.05) is 31.4 Å². The second kappa shape index (κ2) is 9.16. The molecular formula is C22H28ClFN4O2. The molecule has 3 rings (SSSR count). The molecule has 0 saturated carbocycles. The second-order valence-corrected chi connectivity index (χ2v) is 8.84. The summed E-state index contributed by atoms with van der Waals surface area (Å²) in [6.45, 7) is 9.08. The number of nitrogens with zero attached hydrogens (tertiary/aromatic N) is 3. The van der Waals surface area contributed by atoms with E-state index in [9.17, 15) is 14.0 Å². The van der Waals surface area contributed by atoms with Gasteiger partial charge >= 0.3 is 0 Å². The maximum absolute atomic E-state index is 14.1. The highest BCUT2D eigenvalue weighted by Crippen LogP contribution is 2.40. The van der Waals surface area contributed by atoms with Crippen molar-refractivity contribution >= 4 is 23.4 Å². The average molecular weight is 435 g/mol. The van der Waals surface area contributed by atoms with E-state index in [1.54, 1.807) is 17.2 Å². The minimum absolute atomic E-state index is 0.0113. The van der Waals surface area contributed by atoms with E-state index < -0.39 is 17.8 Å². The number of carbonyl (C=O) groups excluding carboxylic acids is 2. The monoisotopic (exact) mass is 434 g/mol. The van der Waals surface area contributed by atoms with E-state index in [2.05, 4.69) is 24.1 Å². The molecule has 2 aromatic rings. The smallest absolute Gasteiger partial charge is 0.226 e. The molecule has 2 atom stereocenters. The van der Waals surface area contributed by atoms with Gasteiger partial charge in [0.15, 0.2) is 0 Å². The molecule has 1 N–H and O–H groups in total. The molecule has 1 aliphatic heterocycles. The molecule has 8 heteroatoms. The standard InChI is InChI=1S/C22H28ClFN4O2/c1-13(2)12-27-8-7-25-19(27)11-26-22(30)16-10-20(29)28(14(3)4)21(16)15-5-6-17(23)18(24)9-15/h5-9,13-14,16,21H,10-12H2,1-4H3,(H,26,30)/t16-,21-/m0/s1. The highest BCUT2D eigenvalue weighted by atomic mass is 35.5. The molecule has 2 heterocycles. The highest BCUT2D eigenvalue weighted by Gasteiger charge is 2.45. The Morgan fingerprint density at radius 1 is 1.33 bits per heavy atom. The van der Waals surface area contributed by atoms with Crippen molar-refractivity contribution < 1.29 is 14.0 Å². The van der Waals surface area contributed by atoms with E-state index in [0.29, 0.717) is 11.5 Å². The Kier molecular flexibility index (Phi) is 6.81. The number of nitrogens with one attached hydrogen (secondary N) is 1. The lowest BCUT2D eigenvalue weighted by molar-refractivity contribution is -0.130. The summed E-state index contributed by atoms with van der Waals surface area (Å²) in [5, 5.41) is 2.94. The summed E-state index contributed by atoms with van der Waals surface area (Å²) in [6, 6.07) is 3.80. The van der Waals surface area contributed by atoms with Crippen molar-refractivity contribution in [2.75, 3.05) is 0 Å². The van der Waals surface area contributed by atoms with Gasteiger partial charge in [0.2, 0.25) is 11.8 Å². The number of rotatable bonds is 7. The summed E-state index contributed by atoms with van der Waals surface area (Å²) < 4.78 is 16.1. The van der Waals surface area contributed by atoms with Gasteiger partial charge in [-0.2, -0.15) is 0 Å². The van der Waals surface area contributed by atoms with E-state index in [1.165, 1.54) is 12.1 Å². The van der Waals surface area contributed by atoms with Gasteiger partial charge in [0.25, 0.3) is 0 Å². The fourth-order valence-electron chi connectivity index (χ4n) is 4.05. The summed E-state index contributed by atoms with van der Waals surface area (Å²) in [7, 11) is 0. The number of benzene rings is 1. The van der Waals surface area contributed by atoms with Crippen LogP contribution in [0.4, 0.5) is 4.39 Å². The van der Waals surface area contributed by atoms with Crippen LogP contribution in [0, 0.1) is 17.7 Å². The fourth-order valence-corrected chi connectivity index (χ4v) is 4.17. The summed E-state index contributed by atoms with van der Waals surface area (Å²) >= 11 is 5.83. The van der Waals surface area contributed by atoms with Crippen LogP contribution < -0.4 is 5.32 Å². The first-order chi connectivity index (χ1) is 14.2. The lowest BCUT2D eigenvalue weighted by Crippen LogP contribution is -2.38. The van der Waals surface area contributed by atoms with Crippen molar-refractivity contribution in [2.45, 2.75) is 59.3 Å². The van der Waals surface area contributed by atoms with Crippen molar-refractivity contribution in [3.05, 3.63) is 52.8 Å². The van der Waals surface area contributed by atoms with Gasteiger partial charge in [0.05, 0.1) is 23.5 Å². The zero-order valence-electron chi connectivity index (χ0n) is 17.7. The van der Waals surface area contributed by atoms with Gasteiger partial charge in [0.1, 0.15) is 11.6 Å². The Morgan fingerprint density at radius 3 is 2.70 bits per heavy atom. The number of halogens is 2. The van der Waals surface area contributed by atoms with Crippen LogP contribution in [0.15, 0.2) is 30.6 Å². The molecule has 1 saturated heterocycles. The van der Waals surface area contributed by atoms with E-state index in [-0.39, 0.29) is 35.8 Å². The molecule has 1 aromatic carbocycles. The lowest BCUT2D eigenvalue weighted by Gasteiger charge is -2.31. The largest absolute Gasteiger partial charge is 0.349 e. The normalized spacial score (nSPS) is 19.2. The molecule has 1 aromatic heterocycles. The Morgan fingerprint density at radius 2 is 2.07 bits per heavy atom. The van der Waals surface area contributed by atoms with Crippen LogP contribution in [0.25, 0.3) is 0 Å². The molecule has 162 valence electrons. The van der Waals surface area contributed by atoms with Gasteiger partial charge in [-0.15, -0.1) is 0 Å². The van der Waals surface area contributed by atoms with Crippen LogP contribution in [-0.2, 0) is 22.7 Å². The minimum Gasteiger partial charge on any atom is -0.349 e. The van der Waals surface area contributed by atoms with Crippen LogP contribution in [0.1, 0.15) is 51.5 Å². The van der Waals surface area contributed by atoms with E-state index in [0.717, 1.165) is 12.4 Å². The second-order valence-electron chi connectivity index (χ2n) is 8.43. The summed E-state index contributed by atoms with van der Waals surface area (Å²) in [5.74, 6) is -0.333. The lowest BCUT2D eigenvalue weighted by atomic mass is 9.92. The van der Waals surface area contributed by atoms with Gasteiger partial charge in [-0.1, -0.05) is 31.5 Å². The van der Waals surface area contributed by atoms with Crippen molar-refractivity contribution in [2.24, 2.45) is 11.8 Å². The average Bonchev–Trinajstić information content (AvgIpc) is 3.25. The van der Waals surface area contributed by atoms with Crippen LogP contribution >= 0.6 is 11.6 Å². The third-order valence-corrected chi connectivity index (χ3v) is 5.63. The summed E-state index contributed by atoms with van der Waals surface area (Å²) in [4.78, 5) is 31.8. The molecule has 1 fully saturated rings. The van der Waals surface area contributed by atoms with Crippen molar-refractivity contribution in [3.63, 3.8) is 0 Å². The Hall–Kier alpha value is -2.41. The number of aromatic nitrogens is 2. The highest BCUT2D eigenvalue weighted by molar-refractivity contribution is 6.30. The molecule has 1 aliphatic rings. The van der Waals surface area contributed by atoms with Crippen molar-refractivity contribution in [1.82, 2.24) is 19.8 Å². The quantitative estimate of drug-likeness (QED) is 0.717. The zero-order chi connectivity index (χ0) is 22.0. The number of imidazole rings is 1. The first kappa shape index (κ1) is 22.3. The van der Waals surface area contributed by atoms with Gasteiger partial charge in [-0.25, -0.2) is 9.37 Å². The number of hydrogen-bond donors (Lipinski definition) is 1. The molecule has 0 bridgehead atoms. The third-order valence-electron chi connectivity index (χ3n) is 5.33. The molecular weight excluding hydrogens is 407 g/mol. The van der Waals surface area contributed by atoms with E-state index >= 15 is 0 Å². The zero-order valence-corrected chi connectivity index (χ0v) is 18.5. The Labute approximate surface area is 181 Å². The number of carbonyl (C=O) groups is 2. The first-order valence-electron chi connectivity index (χ1n) is 10.2. The summed E-state index contributed by atoms with van der Waals surface area (Å²) in [5.41, 5.74) is 0.568. The van der Waals surface area contributed by atoms with Crippen LogP contribution in [0.2, 0.25) is 5.02 Å². The maximum atomic E-state index is 14.1. The van der Waals surface area contributed by atoms with Crippen LogP contribution in [0.3, 0.4) is 0 Å². The molecule has 0 radical (unpaired) electrons. The predicted molar refractivity (Wildman–Crippen MR) is 113 cm³/mol. The fraction of sp³-hybridized carbons (Fsp3) is 0.500. The first-order valence-corrected chi connectivity index (χ1v) is 10.6. The molecule has 2 amide bonds. The van der Waals surface area contributed by atoms with Gasteiger partial charge in [-0.3, -0.25) is 9.59 Å². The predicted octanol–water partition coefficient (Wildman–Crippen LogP) is 3.95. The molecule has 6 nitrogen and oxygen atoms in total. The number of likely N-dealkylation sites (tertiary alicyclic amines) is 1. The van der Waals surface area contributed by atoms with Crippen LogP contribution in [0.5, 0.6) is 0 Å². The SMILES string of the molecule is CC(C)Cn1ccnc1CNC(=O)[C@H]1CC(=O)N(C(C)C)[C@H]1c1ccc(Cl)c(F)c1. The van der Waals surface area contributed by atoms with E-state index in [1.807, 2.05) is 24.6 Å². The minimum atomic E-state index is -0.617. The third kappa shape index (κ3) is 4.67. The summed E-state index contributed by atoms with van der Waals surface area (Å²) in [6.07, 6.45) is 3.68. The van der Waals surface area contributed by atoms with Crippen molar-refractivity contribution in [3.8, 4) is 0 Å². The topological polar surface area (TPSA) is 67.2 Å².